The average molecular weight is 228 g/mol. The Bertz CT molecular complexity index is 308. The van der Waals surface area contributed by atoms with Crippen LogP contribution in [0.15, 0.2) is 0 Å². The zero-order valence-electron chi connectivity index (χ0n) is 9.18. The molecule has 0 aromatic heterocycles. The molecule has 0 saturated carbocycles. The summed E-state index contributed by atoms with van der Waals surface area (Å²) in [5, 5.41) is 8.70. The number of rotatable bonds is 3. The van der Waals surface area contributed by atoms with Crippen molar-refractivity contribution in [2.45, 2.75) is 19.8 Å². The lowest BCUT2D eigenvalue weighted by Gasteiger charge is -2.31. The summed E-state index contributed by atoms with van der Waals surface area (Å²) < 4.78 is 0. The van der Waals surface area contributed by atoms with Crippen LogP contribution in [0.2, 0.25) is 0 Å². The Balaban J connectivity index is 2.51. The molecule has 90 valence electrons. The van der Waals surface area contributed by atoms with E-state index in [9.17, 15) is 14.4 Å². The fraction of sp³-hybridized carbons (Fsp3) is 0.700. The van der Waals surface area contributed by atoms with Gasteiger partial charge < -0.3 is 15.7 Å². The molecule has 0 aromatic rings. The van der Waals surface area contributed by atoms with Crippen LogP contribution >= 0.6 is 0 Å². The van der Waals surface area contributed by atoms with E-state index in [1.54, 1.807) is 0 Å². The third-order valence-corrected chi connectivity index (χ3v) is 2.95. The molecule has 16 heavy (non-hydrogen) atoms. The molecule has 1 aliphatic rings. The van der Waals surface area contributed by atoms with Crippen LogP contribution in [-0.2, 0) is 14.4 Å². The minimum atomic E-state index is -1.12. The van der Waals surface area contributed by atoms with Crippen molar-refractivity contribution in [1.82, 2.24) is 4.90 Å². The van der Waals surface area contributed by atoms with Crippen molar-refractivity contribution in [3.63, 3.8) is 0 Å². The van der Waals surface area contributed by atoms with Crippen LogP contribution in [-0.4, -0.2) is 40.9 Å². The zero-order chi connectivity index (χ0) is 12.3. The maximum atomic E-state index is 11.6. The number of carboxylic acids is 1. The minimum Gasteiger partial charge on any atom is -0.481 e. The van der Waals surface area contributed by atoms with Gasteiger partial charge in [0.2, 0.25) is 11.8 Å². The van der Waals surface area contributed by atoms with E-state index in [2.05, 4.69) is 0 Å². The number of nitrogens with zero attached hydrogens (tertiary/aromatic N) is 1. The Morgan fingerprint density at radius 2 is 1.81 bits per heavy atom. The first-order valence-corrected chi connectivity index (χ1v) is 5.24. The van der Waals surface area contributed by atoms with E-state index >= 15 is 0 Å². The van der Waals surface area contributed by atoms with Crippen molar-refractivity contribution in [3.8, 4) is 0 Å². The maximum absolute atomic E-state index is 11.6. The van der Waals surface area contributed by atoms with Crippen molar-refractivity contribution in [1.29, 1.82) is 0 Å². The first-order chi connectivity index (χ1) is 7.43. The largest absolute Gasteiger partial charge is 0.481 e. The lowest BCUT2D eigenvalue weighted by Crippen LogP contribution is -2.45. The van der Waals surface area contributed by atoms with Gasteiger partial charge in [-0.1, -0.05) is 0 Å². The molecule has 1 unspecified atom stereocenters. The first-order valence-electron chi connectivity index (χ1n) is 5.24. The van der Waals surface area contributed by atoms with Gasteiger partial charge in [0.25, 0.3) is 0 Å². The molecular weight excluding hydrogens is 212 g/mol. The number of carbonyl (C=O) groups is 3. The van der Waals surface area contributed by atoms with Crippen LogP contribution in [0.1, 0.15) is 19.8 Å². The number of hydrogen-bond acceptors (Lipinski definition) is 3. The Kier molecular flexibility index (Phi) is 3.87. The molecule has 1 fully saturated rings. The van der Waals surface area contributed by atoms with Crippen LogP contribution in [0.5, 0.6) is 0 Å². The fourth-order valence-corrected chi connectivity index (χ4v) is 1.76. The normalized spacial score (nSPS) is 19.2. The van der Waals surface area contributed by atoms with Gasteiger partial charge >= 0.3 is 5.97 Å². The lowest BCUT2D eigenvalue weighted by atomic mass is 9.95. The number of carboxylic acid groups (broad SMARTS) is 1. The maximum Gasteiger partial charge on any atom is 0.315 e. The molecular formula is C10H16N2O4. The number of aliphatic carboxylic acids is 1. The molecule has 6 nitrogen and oxygen atoms in total. The van der Waals surface area contributed by atoms with Crippen molar-refractivity contribution < 1.29 is 19.5 Å². The highest BCUT2D eigenvalue weighted by atomic mass is 16.4. The predicted octanol–water partition coefficient (Wildman–Crippen LogP) is -0.569. The van der Waals surface area contributed by atoms with Crippen molar-refractivity contribution >= 4 is 17.8 Å². The third kappa shape index (κ3) is 2.71. The van der Waals surface area contributed by atoms with Gasteiger partial charge in [-0.2, -0.15) is 0 Å². The lowest BCUT2D eigenvalue weighted by molar-refractivity contribution is -0.151. The van der Waals surface area contributed by atoms with Gasteiger partial charge in [0.15, 0.2) is 0 Å². The number of nitrogens with two attached hydrogens (primary N) is 1. The number of amides is 2. The molecule has 1 aliphatic heterocycles. The van der Waals surface area contributed by atoms with Gasteiger partial charge in [-0.05, 0) is 19.8 Å². The summed E-state index contributed by atoms with van der Waals surface area (Å²) in [5.41, 5.74) is 5.16. The molecule has 1 rings (SSSR count). The van der Waals surface area contributed by atoms with Gasteiger partial charge in [0.1, 0.15) is 5.92 Å². The Morgan fingerprint density at radius 1 is 1.31 bits per heavy atom. The quantitative estimate of drug-likeness (QED) is 0.632. The number of hydrogen-bond donors (Lipinski definition) is 2. The number of piperidine rings is 1. The topological polar surface area (TPSA) is 101 Å². The van der Waals surface area contributed by atoms with Gasteiger partial charge in [-0.3, -0.25) is 14.4 Å². The molecule has 1 saturated heterocycles. The van der Waals surface area contributed by atoms with E-state index in [0.29, 0.717) is 25.9 Å². The van der Waals surface area contributed by atoms with Crippen molar-refractivity contribution in [2.24, 2.45) is 17.6 Å². The Hall–Kier alpha value is -1.59. The first kappa shape index (κ1) is 12.5. The summed E-state index contributed by atoms with van der Waals surface area (Å²) in [7, 11) is 0. The van der Waals surface area contributed by atoms with Gasteiger partial charge in [0.05, 0.1) is 0 Å². The highest BCUT2D eigenvalue weighted by Crippen LogP contribution is 2.18. The zero-order valence-corrected chi connectivity index (χ0v) is 9.18. The van der Waals surface area contributed by atoms with Gasteiger partial charge in [0, 0.05) is 19.0 Å². The predicted molar refractivity (Wildman–Crippen MR) is 55.3 cm³/mol. The van der Waals surface area contributed by atoms with Gasteiger partial charge in [-0.25, -0.2) is 0 Å². The molecule has 3 N–H and O–H groups in total. The van der Waals surface area contributed by atoms with E-state index in [1.807, 2.05) is 0 Å². The summed E-state index contributed by atoms with van der Waals surface area (Å²) >= 11 is 0. The molecule has 0 radical (unpaired) electrons. The molecule has 0 aromatic carbocycles. The second kappa shape index (κ2) is 4.96. The second-order valence-electron chi connectivity index (χ2n) is 4.06. The van der Waals surface area contributed by atoms with E-state index in [-0.39, 0.29) is 11.8 Å². The molecule has 0 bridgehead atoms. The highest BCUT2D eigenvalue weighted by Gasteiger charge is 2.30. The van der Waals surface area contributed by atoms with Gasteiger partial charge in [-0.15, -0.1) is 0 Å². The fourth-order valence-electron chi connectivity index (χ4n) is 1.76. The highest BCUT2D eigenvalue weighted by molar-refractivity contribution is 5.96. The second-order valence-corrected chi connectivity index (χ2v) is 4.06. The van der Waals surface area contributed by atoms with Crippen molar-refractivity contribution in [3.05, 3.63) is 0 Å². The van der Waals surface area contributed by atoms with Crippen LogP contribution in [0.4, 0.5) is 0 Å². The summed E-state index contributed by atoms with van der Waals surface area (Å²) in [6.45, 7) is 2.18. The van der Waals surface area contributed by atoms with E-state index < -0.39 is 17.8 Å². The summed E-state index contributed by atoms with van der Waals surface area (Å²) in [5.74, 6) is -3.08. The van der Waals surface area contributed by atoms with E-state index in [4.69, 9.17) is 10.8 Å². The third-order valence-electron chi connectivity index (χ3n) is 2.95. The Morgan fingerprint density at radius 3 is 2.19 bits per heavy atom. The van der Waals surface area contributed by atoms with Crippen LogP contribution in [0.25, 0.3) is 0 Å². The Labute approximate surface area is 93.4 Å². The summed E-state index contributed by atoms with van der Waals surface area (Å²) in [6.07, 6.45) is 1.04. The summed E-state index contributed by atoms with van der Waals surface area (Å²) in [6, 6.07) is 0. The van der Waals surface area contributed by atoms with E-state index in [0.717, 1.165) is 0 Å². The van der Waals surface area contributed by atoms with Crippen molar-refractivity contribution in [2.75, 3.05) is 13.1 Å². The molecule has 1 atom stereocenters. The average Bonchev–Trinajstić information content (AvgIpc) is 2.27. The molecule has 0 aliphatic carbocycles. The number of likely N-dealkylation sites (tertiary alicyclic amines) is 1. The smallest absolute Gasteiger partial charge is 0.315 e. The van der Waals surface area contributed by atoms with Crippen LogP contribution in [0.3, 0.4) is 0 Å². The van der Waals surface area contributed by atoms with Crippen LogP contribution in [0, 0.1) is 11.8 Å². The minimum absolute atomic E-state index is 0.191. The van der Waals surface area contributed by atoms with E-state index in [1.165, 1.54) is 11.8 Å². The number of carbonyl (C=O) groups excluding carboxylic acids is 2. The SMILES string of the molecule is CC(C(=O)O)C(=O)N1CCC(C(N)=O)CC1. The molecule has 0 spiro atoms. The summed E-state index contributed by atoms with van der Waals surface area (Å²) in [4.78, 5) is 34.7. The molecule has 2 amide bonds. The van der Waals surface area contributed by atoms with Crippen LogP contribution < -0.4 is 5.73 Å². The number of primary amides is 1. The molecule has 6 heteroatoms. The molecule has 1 heterocycles. The monoisotopic (exact) mass is 228 g/mol. The standard InChI is InChI=1S/C10H16N2O4/c1-6(10(15)16)9(14)12-4-2-7(3-5-12)8(11)13/h6-7H,2-5H2,1H3,(H2,11,13)(H,15,16).